The van der Waals surface area contributed by atoms with E-state index in [0.29, 0.717) is 18.5 Å². The third kappa shape index (κ3) is 21.5. The van der Waals surface area contributed by atoms with Gasteiger partial charge in [0.15, 0.2) is 11.5 Å². The molecular weight excluding hydrogens is 573 g/mol. The molecule has 0 aliphatic rings. The van der Waals surface area contributed by atoms with Gasteiger partial charge in [0.25, 0.3) is 0 Å². The van der Waals surface area contributed by atoms with Gasteiger partial charge in [-0.2, -0.15) is 0 Å². The Morgan fingerprint density at radius 1 is 0.864 bits per heavy atom. The normalized spacial score (nSPS) is 10.2. The second kappa shape index (κ2) is 29.9. The van der Waals surface area contributed by atoms with Gasteiger partial charge >= 0.3 is 35.5 Å². The average Bonchev–Trinajstić information content (AvgIpc) is 3.01. The number of likely N-dealkylation sites (N-methyl/N-ethyl adjacent to an activating group) is 1. The molecule has 1 atom stereocenters. The third-order valence-corrected chi connectivity index (χ3v) is 6.11. The molecule has 0 amide bonds. The van der Waals surface area contributed by atoms with Crippen LogP contribution in [0.15, 0.2) is 12.1 Å². The zero-order chi connectivity index (χ0) is 32.1. The molecule has 0 fully saturated rings. The average molecular weight is 620 g/mol. The molecular formula is C34H46NNaO8. The number of terminal acetylenes is 3. The van der Waals surface area contributed by atoms with Crippen LogP contribution in [-0.4, -0.2) is 57.7 Å². The first-order valence-corrected chi connectivity index (χ1v) is 14.7. The fourth-order valence-corrected chi connectivity index (χ4v) is 3.88. The maximum Gasteiger partial charge on any atom is 1.00 e. The van der Waals surface area contributed by atoms with Crippen LogP contribution >= 0.6 is 0 Å². The third-order valence-electron chi connectivity index (χ3n) is 6.11. The Balaban J connectivity index is 0. The zero-order valence-corrected chi connectivity index (χ0v) is 28.6. The summed E-state index contributed by atoms with van der Waals surface area (Å²) in [5.74, 6) is 6.26. The minimum Gasteiger partial charge on any atom is -0.550 e. The van der Waals surface area contributed by atoms with Crippen LogP contribution in [0, 0.1) is 37.0 Å². The molecule has 9 nitrogen and oxygen atoms in total. The number of aldehydes is 1. The SMILES string of the molecule is C#CCOc1cc(C=O)cc(OCC#C)c1OCC#C.CCCCCCCCCCCCOC(=O)C(CCC(=O)[O-])NC.[Na+]. The van der Waals surface area contributed by atoms with Crippen LogP contribution in [0.3, 0.4) is 0 Å². The van der Waals surface area contributed by atoms with Gasteiger partial charge in [0.1, 0.15) is 32.1 Å². The van der Waals surface area contributed by atoms with Crippen LogP contribution in [0.4, 0.5) is 0 Å². The van der Waals surface area contributed by atoms with Crippen LogP contribution in [0.25, 0.3) is 0 Å². The largest absolute Gasteiger partial charge is 1.00 e. The molecule has 1 rings (SSSR count). The topological polar surface area (TPSA) is 123 Å². The molecule has 236 valence electrons. The minimum absolute atomic E-state index is 0. The number of carboxylic acid groups (broad SMARTS) is 1. The van der Waals surface area contributed by atoms with E-state index in [1.807, 2.05) is 0 Å². The van der Waals surface area contributed by atoms with Gasteiger partial charge in [-0.05, 0) is 38.4 Å². The van der Waals surface area contributed by atoms with Gasteiger partial charge in [0, 0.05) is 11.5 Å². The summed E-state index contributed by atoms with van der Waals surface area (Å²) in [4.78, 5) is 33.1. The zero-order valence-electron chi connectivity index (χ0n) is 26.6. The second-order valence-electron chi connectivity index (χ2n) is 9.54. The second-order valence-corrected chi connectivity index (χ2v) is 9.54. The first-order valence-electron chi connectivity index (χ1n) is 14.7. The van der Waals surface area contributed by atoms with Crippen LogP contribution in [0.1, 0.15) is 94.3 Å². The van der Waals surface area contributed by atoms with Crippen LogP contribution in [0.5, 0.6) is 17.2 Å². The number of carboxylic acids is 1. The summed E-state index contributed by atoms with van der Waals surface area (Å²) in [5, 5.41) is 13.2. The molecule has 0 radical (unpaired) electrons. The van der Waals surface area contributed by atoms with Crippen LogP contribution in [-0.2, 0) is 14.3 Å². The Kier molecular flexibility index (Phi) is 29.2. The number of unbranched alkanes of at least 4 members (excludes halogenated alkanes) is 9. The van der Waals surface area contributed by atoms with Crippen molar-refractivity contribution < 1.29 is 68.0 Å². The fourth-order valence-electron chi connectivity index (χ4n) is 3.88. The van der Waals surface area contributed by atoms with Crippen molar-refractivity contribution in [1.29, 1.82) is 0 Å². The Morgan fingerprint density at radius 3 is 1.77 bits per heavy atom. The summed E-state index contributed by atoms with van der Waals surface area (Å²) in [5.41, 5.74) is 0.345. The Labute approximate surface area is 285 Å². The summed E-state index contributed by atoms with van der Waals surface area (Å²) in [6, 6.07) is 2.41. The van der Waals surface area contributed by atoms with E-state index in [9.17, 15) is 19.5 Å². The first kappa shape index (κ1) is 43.0. The summed E-state index contributed by atoms with van der Waals surface area (Å²) in [6.45, 7) is 2.69. The molecule has 1 N–H and O–H groups in total. The molecule has 0 heterocycles. The van der Waals surface area contributed by atoms with E-state index in [1.54, 1.807) is 7.05 Å². The van der Waals surface area contributed by atoms with Crippen LogP contribution in [0.2, 0.25) is 0 Å². The van der Waals surface area contributed by atoms with Gasteiger partial charge in [0.05, 0.1) is 6.61 Å². The molecule has 1 unspecified atom stereocenters. The van der Waals surface area contributed by atoms with E-state index < -0.39 is 12.0 Å². The van der Waals surface area contributed by atoms with Gasteiger partial charge in [-0.3, -0.25) is 9.59 Å². The molecule has 10 heteroatoms. The van der Waals surface area contributed by atoms with Crippen molar-refractivity contribution in [3.8, 4) is 54.3 Å². The van der Waals surface area contributed by atoms with E-state index in [2.05, 4.69) is 30.0 Å². The molecule has 0 saturated carbocycles. The molecule has 0 saturated heterocycles. The Bertz CT molecular complexity index is 1030. The summed E-state index contributed by atoms with van der Waals surface area (Å²) in [7, 11) is 1.63. The number of hydrogen-bond acceptors (Lipinski definition) is 9. The molecule has 0 aromatic heterocycles. The number of hydrogen-bond donors (Lipinski definition) is 1. The van der Waals surface area contributed by atoms with Crippen molar-refractivity contribution >= 4 is 18.2 Å². The fraction of sp³-hybridized carbons (Fsp3) is 0.559. The molecule has 0 aliphatic carbocycles. The van der Waals surface area contributed by atoms with Crippen molar-refractivity contribution in [3.05, 3.63) is 17.7 Å². The van der Waals surface area contributed by atoms with Crippen molar-refractivity contribution in [2.45, 2.75) is 90.0 Å². The maximum atomic E-state index is 11.7. The van der Waals surface area contributed by atoms with Gasteiger partial charge in [-0.15, -0.1) is 19.3 Å². The van der Waals surface area contributed by atoms with Crippen molar-refractivity contribution in [3.63, 3.8) is 0 Å². The molecule has 0 bridgehead atoms. The summed E-state index contributed by atoms with van der Waals surface area (Å²) >= 11 is 0. The van der Waals surface area contributed by atoms with Gasteiger partial charge in [-0.25, -0.2) is 0 Å². The number of carbonyl (C=O) groups is 3. The van der Waals surface area contributed by atoms with E-state index in [1.165, 1.54) is 63.5 Å². The van der Waals surface area contributed by atoms with Crippen molar-refractivity contribution in [2.75, 3.05) is 33.5 Å². The monoisotopic (exact) mass is 619 g/mol. The first-order chi connectivity index (χ1) is 20.9. The molecule has 0 spiro atoms. The van der Waals surface area contributed by atoms with Crippen molar-refractivity contribution in [1.82, 2.24) is 5.32 Å². The van der Waals surface area contributed by atoms with E-state index in [4.69, 9.17) is 38.2 Å². The summed E-state index contributed by atoms with van der Waals surface area (Å²) < 4.78 is 21.2. The molecule has 1 aromatic carbocycles. The molecule has 1 aromatic rings. The number of esters is 1. The summed E-state index contributed by atoms with van der Waals surface area (Å²) in [6.07, 6.45) is 28.5. The number of rotatable bonds is 23. The van der Waals surface area contributed by atoms with Gasteiger partial charge in [-0.1, -0.05) is 82.5 Å². The Hall–Kier alpha value is -3.13. The maximum absolute atomic E-state index is 11.7. The van der Waals surface area contributed by atoms with Crippen LogP contribution < -0.4 is 54.2 Å². The number of benzene rings is 1. The predicted octanol–water partition coefficient (Wildman–Crippen LogP) is 1.11. The van der Waals surface area contributed by atoms with E-state index >= 15 is 0 Å². The van der Waals surface area contributed by atoms with Gasteiger partial charge in [0.2, 0.25) is 5.75 Å². The van der Waals surface area contributed by atoms with Gasteiger partial charge < -0.3 is 34.2 Å². The van der Waals surface area contributed by atoms with E-state index in [-0.39, 0.29) is 85.4 Å². The number of nitrogens with one attached hydrogen (secondary N) is 1. The quantitative estimate of drug-likeness (QED) is 0.0631. The standard InChI is InChI=1S/C18H35NO4.C16H12O4.Na/c1-3-4-5-6-7-8-9-10-11-12-15-23-18(22)16(19-2)13-14-17(20)21;1-4-7-18-14-10-13(12-17)11-15(19-8-5-2)16(14)20-9-6-3;/h16,19H,3-15H2,1-2H3,(H,20,21);1-3,10-12H,7-9H2;/q;;+1/p-1. The smallest absolute Gasteiger partial charge is 0.550 e. The number of carbonyl (C=O) groups excluding carboxylic acids is 3. The van der Waals surface area contributed by atoms with E-state index in [0.717, 1.165) is 12.8 Å². The molecule has 44 heavy (non-hydrogen) atoms. The molecule has 0 aliphatic heterocycles. The predicted molar refractivity (Wildman–Crippen MR) is 165 cm³/mol. The Morgan fingerprint density at radius 2 is 1.34 bits per heavy atom. The number of ether oxygens (including phenoxy) is 4. The van der Waals surface area contributed by atoms with Crippen molar-refractivity contribution in [2.24, 2.45) is 0 Å². The minimum atomic E-state index is -1.15. The number of aliphatic carboxylic acids is 1.